The van der Waals surface area contributed by atoms with Gasteiger partial charge in [-0.15, -0.1) is 5.10 Å². The van der Waals surface area contributed by atoms with Crippen LogP contribution in [0.4, 0.5) is 0 Å². The van der Waals surface area contributed by atoms with Crippen LogP contribution in [0.2, 0.25) is 0 Å². The summed E-state index contributed by atoms with van der Waals surface area (Å²) in [7, 11) is 0. The van der Waals surface area contributed by atoms with Gasteiger partial charge in [0.15, 0.2) is 5.69 Å². The van der Waals surface area contributed by atoms with Gasteiger partial charge in [-0.3, -0.25) is 0 Å². The van der Waals surface area contributed by atoms with Crippen molar-refractivity contribution < 1.29 is 14.6 Å². The van der Waals surface area contributed by atoms with E-state index in [9.17, 15) is 9.90 Å². The summed E-state index contributed by atoms with van der Waals surface area (Å²) >= 11 is 0. The summed E-state index contributed by atoms with van der Waals surface area (Å²) in [5.41, 5.74) is 1.47. The monoisotopic (exact) mass is 303 g/mol. The number of ether oxygens (including phenoxy) is 1. The fourth-order valence-corrected chi connectivity index (χ4v) is 2.52. The van der Waals surface area contributed by atoms with E-state index in [0.717, 1.165) is 24.3 Å². The zero-order chi connectivity index (χ0) is 16.1. The Kier molecular flexibility index (Phi) is 5.14. The molecule has 6 nitrogen and oxygen atoms in total. The van der Waals surface area contributed by atoms with Crippen LogP contribution in [0.15, 0.2) is 24.3 Å². The fourth-order valence-electron chi connectivity index (χ4n) is 2.52. The molecule has 0 aliphatic carbocycles. The van der Waals surface area contributed by atoms with Crippen LogP contribution >= 0.6 is 0 Å². The largest absolute Gasteiger partial charge is 0.494 e. The van der Waals surface area contributed by atoms with Gasteiger partial charge in [0.1, 0.15) is 5.75 Å². The molecular formula is C16H21N3O3. The first-order valence-electron chi connectivity index (χ1n) is 7.54. The van der Waals surface area contributed by atoms with Crippen LogP contribution in [0.3, 0.4) is 0 Å². The molecule has 0 fully saturated rings. The maximum Gasteiger partial charge on any atom is 0.358 e. The maximum absolute atomic E-state index is 11.4. The summed E-state index contributed by atoms with van der Waals surface area (Å²) in [6.45, 7) is 6.60. The summed E-state index contributed by atoms with van der Waals surface area (Å²) in [4.78, 5) is 11.4. The Hall–Kier alpha value is -2.37. The lowest BCUT2D eigenvalue weighted by molar-refractivity contribution is 0.0688. The van der Waals surface area contributed by atoms with Crippen molar-refractivity contribution in [3.05, 3.63) is 35.7 Å². The van der Waals surface area contributed by atoms with E-state index in [1.54, 1.807) is 4.68 Å². The minimum absolute atomic E-state index is 0.0302. The SMILES string of the molecule is CCOc1ccc(-n2nnc(C(=O)O)c2C(CC)CC)cc1. The van der Waals surface area contributed by atoms with Crippen molar-refractivity contribution in [3.63, 3.8) is 0 Å². The van der Waals surface area contributed by atoms with Crippen molar-refractivity contribution in [2.24, 2.45) is 0 Å². The Bertz CT molecular complexity index is 631. The van der Waals surface area contributed by atoms with Crippen LogP contribution < -0.4 is 4.74 Å². The molecule has 0 spiro atoms. The normalized spacial score (nSPS) is 10.9. The number of carboxylic acids is 1. The number of nitrogens with zero attached hydrogens (tertiary/aromatic N) is 3. The highest BCUT2D eigenvalue weighted by molar-refractivity contribution is 5.86. The molecule has 1 aromatic carbocycles. The van der Waals surface area contributed by atoms with E-state index < -0.39 is 5.97 Å². The third-order valence-electron chi connectivity index (χ3n) is 3.67. The number of carboxylic acid groups (broad SMARTS) is 1. The molecule has 1 aromatic heterocycles. The molecule has 0 radical (unpaired) electrons. The Morgan fingerprint density at radius 3 is 2.36 bits per heavy atom. The Morgan fingerprint density at radius 1 is 1.23 bits per heavy atom. The number of aromatic carboxylic acids is 1. The van der Waals surface area contributed by atoms with Gasteiger partial charge in [0.05, 0.1) is 18.0 Å². The van der Waals surface area contributed by atoms with Crippen molar-refractivity contribution in [3.8, 4) is 11.4 Å². The highest BCUT2D eigenvalue weighted by Gasteiger charge is 2.25. The van der Waals surface area contributed by atoms with Gasteiger partial charge >= 0.3 is 5.97 Å². The molecule has 118 valence electrons. The van der Waals surface area contributed by atoms with Crippen LogP contribution in [0, 0.1) is 0 Å². The van der Waals surface area contributed by atoms with Crippen LogP contribution in [0.1, 0.15) is 55.7 Å². The van der Waals surface area contributed by atoms with Gasteiger partial charge in [0.2, 0.25) is 0 Å². The third kappa shape index (κ3) is 3.10. The minimum atomic E-state index is -1.04. The number of carbonyl (C=O) groups is 1. The highest BCUT2D eigenvalue weighted by atomic mass is 16.5. The quantitative estimate of drug-likeness (QED) is 0.849. The van der Waals surface area contributed by atoms with Gasteiger partial charge in [-0.25, -0.2) is 9.48 Å². The average Bonchev–Trinajstić information content (AvgIpc) is 2.95. The van der Waals surface area contributed by atoms with E-state index in [1.807, 2.05) is 45.0 Å². The predicted molar refractivity (Wildman–Crippen MR) is 82.8 cm³/mol. The van der Waals surface area contributed by atoms with Gasteiger partial charge in [-0.1, -0.05) is 19.1 Å². The second kappa shape index (κ2) is 7.06. The summed E-state index contributed by atoms with van der Waals surface area (Å²) in [6, 6.07) is 7.41. The summed E-state index contributed by atoms with van der Waals surface area (Å²) in [5, 5.41) is 17.2. The lowest BCUT2D eigenvalue weighted by atomic mass is 9.97. The van der Waals surface area contributed by atoms with E-state index >= 15 is 0 Å². The van der Waals surface area contributed by atoms with Crippen LogP contribution in [-0.2, 0) is 0 Å². The van der Waals surface area contributed by atoms with Crippen molar-refractivity contribution in [2.45, 2.75) is 39.5 Å². The van der Waals surface area contributed by atoms with Crippen molar-refractivity contribution in [2.75, 3.05) is 6.61 Å². The molecule has 2 rings (SSSR count). The number of hydrogen-bond donors (Lipinski definition) is 1. The zero-order valence-electron chi connectivity index (χ0n) is 13.1. The number of rotatable bonds is 7. The zero-order valence-corrected chi connectivity index (χ0v) is 13.1. The Labute approximate surface area is 129 Å². The molecule has 2 aromatic rings. The van der Waals surface area contributed by atoms with Gasteiger partial charge in [-0.2, -0.15) is 0 Å². The summed E-state index contributed by atoms with van der Waals surface area (Å²) in [6.07, 6.45) is 1.67. The molecule has 0 amide bonds. The standard InChI is InChI=1S/C16H21N3O3/c1-4-11(5-2)15-14(16(20)21)17-18-19(15)12-7-9-13(10-8-12)22-6-3/h7-11H,4-6H2,1-3H3,(H,20,21). The molecule has 0 atom stereocenters. The molecule has 0 unspecified atom stereocenters. The second-order valence-electron chi connectivity index (χ2n) is 4.98. The number of benzene rings is 1. The molecule has 1 N–H and O–H groups in total. The smallest absolute Gasteiger partial charge is 0.358 e. The fraction of sp³-hybridized carbons (Fsp3) is 0.438. The molecular weight excluding hydrogens is 282 g/mol. The maximum atomic E-state index is 11.4. The van der Waals surface area contributed by atoms with Gasteiger partial charge < -0.3 is 9.84 Å². The average molecular weight is 303 g/mol. The number of hydrogen-bond acceptors (Lipinski definition) is 4. The molecule has 6 heteroatoms. The highest BCUT2D eigenvalue weighted by Crippen LogP contribution is 2.28. The van der Waals surface area contributed by atoms with Crippen LogP contribution in [-0.4, -0.2) is 32.7 Å². The minimum Gasteiger partial charge on any atom is -0.494 e. The topological polar surface area (TPSA) is 77.2 Å². The first-order valence-corrected chi connectivity index (χ1v) is 7.54. The van der Waals surface area contributed by atoms with E-state index in [-0.39, 0.29) is 11.6 Å². The molecule has 22 heavy (non-hydrogen) atoms. The predicted octanol–water partition coefficient (Wildman–Crippen LogP) is 3.27. The Balaban J connectivity index is 2.48. The van der Waals surface area contributed by atoms with Gasteiger partial charge in [0.25, 0.3) is 0 Å². The van der Waals surface area contributed by atoms with E-state index in [1.165, 1.54) is 0 Å². The molecule has 1 heterocycles. The van der Waals surface area contributed by atoms with E-state index in [4.69, 9.17) is 4.74 Å². The molecule has 0 bridgehead atoms. The van der Waals surface area contributed by atoms with Crippen molar-refractivity contribution in [1.82, 2.24) is 15.0 Å². The van der Waals surface area contributed by atoms with E-state index in [0.29, 0.717) is 12.3 Å². The second-order valence-corrected chi connectivity index (χ2v) is 4.98. The summed E-state index contributed by atoms with van der Waals surface area (Å²) in [5.74, 6) is -0.166. The van der Waals surface area contributed by atoms with Gasteiger partial charge in [0, 0.05) is 5.92 Å². The lowest BCUT2D eigenvalue weighted by Crippen LogP contribution is -2.11. The molecule has 0 aliphatic heterocycles. The van der Waals surface area contributed by atoms with Crippen LogP contribution in [0.5, 0.6) is 5.75 Å². The first-order chi connectivity index (χ1) is 10.6. The lowest BCUT2D eigenvalue weighted by Gasteiger charge is -2.15. The molecule has 0 saturated heterocycles. The van der Waals surface area contributed by atoms with Crippen molar-refractivity contribution in [1.29, 1.82) is 0 Å². The van der Waals surface area contributed by atoms with Gasteiger partial charge in [-0.05, 0) is 44.0 Å². The van der Waals surface area contributed by atoms with Crippen molar-refractivity contribution >= 4 is 5.97 Å². The summed E-state index contributed by atoms with van der Waals surface area (Å²) < 4.78 is 7.04. The van der Waals surface area contributed by atoms with E-state index in [2.05, 4.69) is 10.3 Å². The first kappa shape index (κ1) is 16.0. The molecule has 0 aliphatic rings. The third-order valence-corrected chi connectivity index (χ3v) is 3.67. The molecule has 0 saturated carbocycles. The van der Waals surface area contributed by atoms with Crippen LogP contribution in [0.25, 0.3) is 5.69 Å². The number of aromatic nitrogens is 3. The Morgan fingerprint density at radius 2 is 1.86 bits per heavy atom.